The fraction of sp³-hybridized carbons (Fsp3) is 0.261. The zero-order chi connectivity index (χ0) is 24.1. The summed E-state index contributed by atoms with van der Waals surface area (Å²) in [5.74, 6) is -0.585. The number of morpholine rings is 1. The number of thiophene rings is 1. The summed E-state index contributed by atoms with van der Waals surface area (Å²) in [7, 11) is -3.79. The summed E-state index contributed by atoms with van der Waals surface area (Å²) >= 11 is 7.53. The van der Waals surface area contributed by atoms with E-state index in [0.29, 0.717) is 36.6 Å². The molecule has 11 heteroatoms. The average Bonchev–Trinajstić information content (AvgIpc) is 3.25. The number of nitrogens with one attached hydrogen (secondary N) is 1. The quantitative estimate of drug-likeness (QED) is 0.512. The van der Waals surface area contributed by atoms with E-state index in [0.717, 1.165) is 10.6 Å². The lowest BCUT2D eigenvalue weighted by molar-refractivity contribution is 0.0730. The largest absolute Gasteiger partial charge is 0.379 e. The minimum absolute atomic E-state index is 0.0170. The van der Waals surface area contributed by atoms with Gasteiger partial charge in [0.2, 0.25) is 10.0 Å². The third kappa shape index (κ3) is 5.46. The summed E-state index contributed by atoms with van der Waals surface area (Å²) in [6, 6.07) is 13.6. The maximum absolute atomic E-state index is 13.0. The molecule has 3 heterocycles. The molecule has 1 fully saturated rings. The van der Waals surface area contributed by atoms with Crippen LogP contribution < -0.4 is 5.32 Å². The van der Waals surface area contributed by atoms with Crippen LogP contribution >= 0.6 is 22.9 Å². The van der Waals surface area contributed by atoms with Crippen molar-refractivity contribution in [3.63, 3.8) is 0 Å². The summed E-state index contributed by atoms with van der Waals surface area (Å²) in [5, 5.41) is 12.8. The van der Waals surface area contributed by atoms with E-state index in [4.69, 9.17) is 16.3 Å². The number of carbonyl (C=O) groups is 1. The molecule has 1 N–H and O–H groups in total. The monoisotopic (exact) mass is 516 g/mol. The summed E-state index contributed by atoms with van der Waals surface area (Å²) in [6.45, 7) is 1.12. The van der Waals surface area contributed by atoms with Crippen LogP contribution in [0.15, 0.2) is 53.6 Å². The van der Waals surface area contributed by atoms with Gasteiger partial charge < -0.3 is 10.1 Å². The van der Waals surface area contributed by atoms with Crippen LogP contribution in [0.1, 0.15) is 26.5 Å². The van der Waals surface area contributed by atoms with Crippen LogP contribution in [-0.2, 0) is 27.6 Å². The van der Waals surface area contributed by atoms with Crippen molar-refractivity contribution in [3.05, 3.63) is 75.4 Å². The van der Waals surface area contributed by atoms with Crippen LogP contribution in [0.5, 0.6) is 0 Å². The fourth-order valence-electron chi connectivity index (χ4n) is 3.48. The van der Waals surface area contributed by atoms with Gasteiger partial charge in [-0.1, -0.05) is 17.7 Å². The molecular formula is C23H21ClN4O4S2. The van der Waals surface area contributed by atoms with Crippen molar-refractivity contribution in [2.45, 2.75) is 17.7 Å². The SMILES string of the molecule is N#Cc1cc(CCc2ccccn2)sc1NC(=O)c1cc(S(=O)(=O)N2CCOCC2)ccc1Cl. The molecule has 1 aliphatic heterocycles. The van der Waals surface area contributed by atoms with Crippen molar-refractivity contribution in [2.75, 3.05) is 31.6 Å². The summed E-state index contributed by atoms with van der Waals surface area (Å²) in [6.07, 6.45) is 3.10. The lowest BCUT2D eigenvalue weighted by Crippen LogP contribution is -2.40. The zero-order valence-electron chi connectivity index (χ0n) is 18.0. The first-order valence-corrected chi connectivity index (χ1v) is 13.1. The molecule has 3 aromatic rings. The number of sulfonamides is 1. The average molecular weight is 517 g/mol. The normalized spacial score (nSPS) is 14.5. The van der Waals surface area contributed by atoms with Gasteiger partial charge in [0.25, 0.3) is 5.91 Å². The summed E-state index contributed by atoms with van der Waals surface area (Å²) in [5.41, 5.74) is 1.29. The van der Waals surface area contributed by atoms with Crippen molar-refractivity contribution < 1.29 is 17.9 Å². The number of amides is 1. The van der Waals surface area contributed by atoms with Crippen LogP contribution in [0.2, 0.25) is 5.02 Å². The lowest BCUT2D eigenvalue weighted by atomic mass is 10.2. The predicted octanol–water partition coefficient (Wildman–Crippen LogP) is 3.73. The van der Waals surface area contributed by atoms with Gasteiger partial charge in [-0.2, -0.15) is 9.57 Å². The van der Waals surface area contributed by atoms with E-state index in [9.17, 15) is 18.5 Å². The standard InChI is InChI=1S/C23H21ClN4O4S2/c24-21-7-6-19(34(30,31)28-9-11-32-12-10-28)14-20(21)22(29)27-23-16(15-25)13-18(33-23)5-4-17-3-1-2-8-26-17/h1-3,6-8,13-14H,4-5,9-12H2,(H,27,29). The molecular weight excluding hydrogens is 496 g/mol. The van der Waals surface area contributed by atoms with Gasteiger partial charge in [-0.3, -0.25) is 9.78 Å². The number of ether oxygens (including phenoxy) is 1. The van der Waals surface area contributed by atoms with Gasteiger partial charge in [0.15, 0.2) is 0 Å². The van der Waals surface area contributed by atoms with Gasteiger partial charge in [-0.15, -0.1) is 11.3 Å². The first-order valence-electron chi connectivity index (χ1n) is 10.5. The minimum Gasteiger partial charge on any atom is -0.379 e. The molecule has 4 rings (SSSR count). The number of aromatic nitrogens is 1. The second-order valence-corrected chi connectivity index (χ2v) is 11.0. The Balaban J connectivity index is 1.53. The Morgan fingerprint density at radius 3 is 2.71 bits per heavy atom. The second-order valence-electron chi connectivity index (χ2n) is 7.50. The second kappa shape index (κ2) is 10.6. The first kappa shape index (κ1) is 24.3. The van der Waals surface area contributed by atoms with E-state index < -0.39 is 15.9 Å². The smallest absolute Gasteiger partial charge is 0.257 e. The number of pyridine rings is 1. The highest BCUT2D eigenvalue weighted by atomic mass is 35.5. The molecule has 0 bridgehead atoms. The van der Waals surface area contributed by atoms with E-state index in [-0.39, 0.29) is 28.6 Å². The molecule has 1 aliphatic rings. The highest BCUT2D eigenvalue weighted by Crippen LogP contribution is 2.30. The van der Waals surface area contributed by atoms with E-state index in [1.807, 2.05) is 18.2 Å². The summed E-state index contributed by atoms with van der Waals surface area (Å²) < 4.78 is 32.5. The van der Waals surface area contributed by atoms with Crippen molar-refractivity contribution in [1.82, 2.24) is 9.29 Å². The molecule has 1 saturated heterocycles. The van der Waals surface area contributed by atoms with Gasteiger partial charge >= 0.3 is 0 Å². The van der Waals surface area contributed by atoms with Crippen LogP contribution in [0, 0.1) is 11.3 Å². The van der Waals surface area contributed by atoms with Crippen LogP contribution in [-0.4, -0.2) is 49.9 Å². The van der Waals surface area contributed by atoms with Crippen molar-refractivity contribution >= 4 is 43.9 Å². The number of carbonyl (C=O) groups excluding carboxylic acids is 1. The molecule has 0 aliphatic carbocycles. The number of rotatable bonds is 7. The number of anilines is 1. The Hall–Kier alpha value is -2.81. The van der Waals surface area contributed by atoms with Gasteiger partial charge in [-0.25, -0.2) is 8.42 Å². The highest BCUT2D eigenvalue weighted by molar-refractivity contribution is 7.89. The fourth-order valence-corrected chi connectivity index (χ4v) is 6.12. The molecule has 0 atom stereocenters. The molecule has 0 unspecified atom stereocenters. The topological polar surface area (TPSA) is 112 Å². The molecule has 0 radical (unpaired) electrons. The number of nitriles is 1. The lowest BCUT2D eigenvalue weighted by Gasteiger charge is -2.26. The Bertz CT molecular complexity index is 1330. The summed E-state index contributed by atoms with van der Waals surface area (Å²) in [4.78, 5) is 18.2. The Kier molecular flexibility index (Phi) is 7.60. The Morgan fingerprint density at radius 1 is 1.21 bits per heavy atom. The molecule has 34 heavy (non-hydrogen) atoms. The minimum atomic E-state index is -3.79. The zero-order valence-corrected chi connectivity index (χ0v) is 20.4. The van der Waals surface area contributed by atoms with Gasteiger partial charge in [0.1, 0.15) is 11.1 Å². The number of nitrogens with zero attached hydrogens (tertiary/aromatic N) is 3. The molecule has 176 valence electrons. The Labute approximate surface area is 206 Å². The maximum atomic E-state index is 13.0. The number of benzene rings is 1. The number of hydrogen-bond donors (Lipinski definition) is 1. The molecule has 1 amide bonds. The van der Waals surface area contributed by atoms with E-state index >= 15 is 0 Å². The maximum Gasteiger partial charge on any atom is 0.257 e. The van der Waals surface area contributed by atoms with Gasteiger partial charge in [0, 0.05) is 29.9 Å². The van der Waals surface area contributed by atoms with E-state index in [2.05, 4.69) is 16.4 Å². The first-order chi connectivity index (χ1) is 16.4. The third-order valence-corrected chi connectivity index (χ3v) is 8.61. The molecule has 1 aromatic carbocycles. The van der Waals surface area contributed by atoms with Crippen LogP contribution in [0.3, 0.4) is 0 Å². The predicted molar refractivity (Wildman–Crippen MR) is 130 cm³/mol. The van der Waals surface area contributed by atoms with Crippen molar-refractivity contribution in [2.24, 2.45) is 0 Å². The molecule has 8 nitrogen and oxygen atoms in total. The molecule has 0 spiro atoms. The van der Waals surface area contributed by atoms with Crippen LogP contribution in [0.25, 0.3) is 0 Å². The number of aryl methyl sites for hydroxylation is 2. The molecule has 0 saturated carbocycles. The third-order valence-electron chi connectivity index (χ3n) is 5.27. The van der Waals surface area contributed by atoms with Crippen molar-refractivity contribution in [1.29, 1.82) is 5.26 Å². The number of hydrogen-bond acceptors (Lipinski definition) is 7. The highest BCUT2D eigenvalue weighted by Gasteiger charge is 2.28. The Morgan fingerprint density at radius 2 is 2.00 bits per heavy atom. The van der Waals surface area contributed by atoms with E-state index in [1.165, 1.54) is 33.8 Å². The van der Waals surface area contributed by atoms with E-state index in [1.54, 1.807) is 12.3 Å². The van der Waals surface area contributed by atoms with Gasteiger partial charge in [-0.05, 0) is 49.2 Å². The van der Waals surface area contributed by atoms with Crippen molar-refractivity contribution in [3.8, 4) is 6.07 Å². The van der Waals surface area contributed by atoms with Crippen LogP contribution in [0.4, 0.5) is 5.00 Å². The number of halogens is 1. The van der Waals surface area contributed by atoms with Gasteiger partial charge in [0.05, 0.1) is 34.3 Å². The molecule has 2 aromatic heterocycles.